The lowest BCUT2D eigenvalue weighted by Crippen LogP contribution is -2.41. The van der Waals surface area contributed by atoms with E-state index < -0.39 is 5.60 Å². The highest BCUT2D eigenvalue weighted by molar-refractivity contribution is 6.05. The van der Waals surface area contributed by atoms with Crippen LogP contribution in [-0.2, 0) is 16.8 Å². The van der Waals surface area contributed by atoms with Crippen LogP contribution in [0.25, 0.3) is 16.7 Å². The lowest BCUT2D eigenvalue weighted by atomic mass is 9.90. The zero-order chi connectivity index (χ0) is 23.3. The summed E-state index contributed by atoms with van der Waals surface area (Å²) in [6, 6.07) is 11.1. The lowest BCUT2D eigenvalue weighted by molar-refractivity contribution is 0.0300. The van der Waals surface area contributed by atoms with Crippen LogP contribution >= 0.6 is 0 Å². The van der Waals surface area contributed by atoms with Crippen LogP contribution in [0.15, 0.2) is 48.8 Å². The molecular weight excluding hydrogens is 434 g/mol. The zero-order valence-corrected chi connectivity index (χ0v) is 18.4. The number of hydrogen-bond donors (Lipinski definition) is 2. The van der Waals surface area contributed by atoms with Gasteiger partial charge in [0.25, 0.3) is 5.91 Å². The molecule has 1 aliphatic heterocycles. The Morgan fingerprint density at radius 2 is 1.97 bits per heavy atom. The number of nitrogens with zero attached hydrogens (tertiary/aromatic N) is 6. The van der Waals surface area contributed by atoms with Crippen LogP contribution in [0.3, 0.4) is 0 Å². The Morgan fingerprint density at radius 3 is 2.79 bits per heavy atom. The number of aryl methyl sites for hydroxylation is 1. The number of nitrogen functional groups attached to an aromatic ring is 1. The normalized spacial score (nSPS) is 20.0. The van der Waals surface area contributed by atoms with Crippen LogP contribution in [0.5, 0.6) is 0 Å². The van der Waals surface area contributed by atoms with Gasteiger partial charge in [0, 0.05) is 36.9 Å². The molecule has 1 fully saturated rings. The molecule has 0 radical (unpaired) electrons. The molecule has 2 aliphatic rings. The summed E-state index contributed by atoms with van der Waals surface area (Å²) in [6.07, 6.45) is 4.50. The van der Waals surface area contributed by atoms with Crippen molar-refractivity contribution in [3.8, 4) is 5.82 Å². The second-order valence-electron chi connectivity index (χ2n) is 8.54. The molecule has 3 aromatic heterocycles. The van der Waals surface area contributed by atoms with E-state index >= 15 is 0 Å². The van der Waals surface area contributed by atoms with Gasteiger partial charge in [0.15, 0.2) is 11.5 Å². The fourth-order valence-electron chi connectivity index (χ4n) is 4.83. The Morgan fingerprint density at radius 1 is 1.12 bits per heavy atom. The number of benzene rings is 1. The maximum absolute atomic E-state index is 13.4. The lowest BCUT2D eigenvalue weighted by Gasteiger charge is -2.26. The van der Waals surface area contributed by atoms with Gasteiger partial charge in [-0.15, -0.1) is 0 Å². The summed E-state index contributed by atoms with van der Waals surface area (Å²) in [7, 11) is 0. The minimum absolute atomic E-state index is 0.103. The van der Waals surface area contributed by atoms with E-state index in [4.69, 9.17) is 10.5 Å². The molecule has 0 saturated carbocycles. The Hall–Kier alpha value is -3.89. The van der Waals surface area contributed by atoms with E-state index in [9.17, 15) is 9.90 Å². The smallest absolute Gasteiger partial charge is 0.275 e. The standard InChI is InChI=1S/C24H23N7O3/c25-23-27-9-6-19(28-23)31-18-14-16(24(33)7-5-15-2-1-8-26-21(15)24)3-4-17(18)20(29-31)22(32)30-10-12-34-13-11-30/h1-4,6,8-9,14,33H,5,7,10-13H2,(H2,25,27,28)/t24-/m1/s1. The van der Waals surface area contributed by atoms with Crippen LogP contribution in [0.1, 0.15) is 33.7 Å². The molecule has 4 heterocycles. The van der Waals surface area contributed by atoms with Gasteiger partial charge in [-0.3, -0.25) is 9.78 Å². The molecular formula is C24H23N7O3. The van der Waals surface area contributed by atoms with E-state index in [1.807, 2.05) is 30.3 Å². The van der Waals surface area contributed by atoms with Gasteiger partial charge in [-0.1, -0.05) is 12.1 Å². The van der Waals surface area contributed by atoms with Gasteiger partial charge in [0.2, 0.25) is 5.95 Å². The van der Waals surface area contributed by atoms with Gasteiger partial charge in [0.1, 0.15) is 5.60 Å². The minimum Gasteiger partial charge on any atom is -0.379 e. The molecule has 3 N–H and O–H groups in total. The first-order valence-electron chi connectivity index (χ1n) is 11.2. The number of carbonyl (C=O) groups is 1. The van der Waals surface area contributed by atoms with E-state index in [-0.39, 0.29) is 11.9 Å². The summed E-state index contributed by atoms with van der Waals surface area (Å²) in [5, 5.41) is 17.0. The average molecular weight is 457 g/mol. The number of pyridine rings is 1. The number of fused-ring (bicyclic) bond motifs is 2. The van der Waals surface area contributed by atoms with Crippen molar-refractivity contribution < 1.29 is 14.6 Å². The number of carbonyl (C=O) groups excluding carboxylic acids is 1. The second kappa shape index (κ2) is 7.86. The van der Waals surface area contributed by atoms with E-state index in [2.05, 4.69) is 20.1 Å². The summed E-state index contributed by atoms with van der Waals surface area (Å²) >= 11 is 0. The van der Waals surface area contributed by atoms with Gasteiger partial charge >= 0.3 is 0 Å². The fourth-order valence-corrected chi connectivity index (χ4v) is 4.83. The Labute approximate surface area is 195 Å². The monoisotopic (exact) mass is 457 g/mol. The molecule has 10 heteroatoms. The number of aromatic nitrogens is 5. The number of amides is 1. The third-order valence-corrected chi connectivity index (χ3v) is 6.58. The summed E-state index contributed by atoms with van der Waals surface area (Å²) in [6.45, 7) is 2.01. The first-order valence-corrected chi connectivity index (χ1v) is 11.2. The van der Waals surface area contributed by atoms with E-state index in [1.54, 1.807) is 28.0 Å². The third-order valence-electron chi connectivity index (χ3n) is 6.58. The molecule has 1 atom stereocenters. The number of nitrogens with two attached hydrogens (primary N) is 1. The van der Waals surface area contributed by atoms with Crippen LogP contribution < -0.4 is 5.73 Å². The topological polar surface area (TPSA) is 132 Å². The van der Waals surface area contributed by atoms with Crippen molar-refractivity contribution in [3.63, 3.8) is 0 Å². The number of ether oxygens (including phenoxy) is 1. The molecule has 1 aliphatic carbocycles. The quantitative estimate of drug-likeness (QED) is 0.472. The summed E-state index contributed by atoms with van der Waals surface area (Å²) < 4.78 is 6.97. The second-order valence-corrected chi connectivity index (χ2v) is 8.54. The zero-order valence-electron chi connectivity index (χ0n) is 18.4. The van der Waals surface area contributed by atoms with Crippen molar-refractivity contribution in [1.82, 2.24) is 29.6 Å². The molecule has 1 aromatic carbocycles. The summed E-state index contributed by atoms with van der Waals surface area (Å²) in [5.41, 5.74) is 7.95. The van der Waals surface area contributed by atoms with Crippen LogP contribution in [0, 0.1) is 0 Å². The van der Waals surface area contributed by atoms with Gasteiger partial charge in [-0.25, -0.2) is 9.67 Å². The molecule has 6 rings (SSSR count). The van der Waals surface area contributed by atoms with Crippen molar-refractivity contribution in [2.75, 3.05) is 32.0 Å². The molecule has 0 bridgehead atoms. The van der Waals surface area contributed by atoms with E-state index in [0.717, 1.165) is 12.0 Å². The molecule has 0 spiro atoms. The summed E-state index contributed by atoms with van der Waals surface area (Å²) in [4.78, 5) is 27.9. The number of anilines is 1. The number of aliphatic hydroxyl groups is 1. The fraction of sp³-hybridized carbons (Fsp3) is 0.292. The highest BCUT2D eigenvalue weighted by atomic mass is 16.5. The third kappa shape index (κ3) is 3.22. The predicted molar refractivity (Wildman–Crippen MR) is 123 cm³/mol. The first-order chi connectivity index (χ1) is 16.5. The van der Waals surface area contributed by atoms with Crippen LogP contribution in [-0.4, -0.2) is 66.9 Å². The van der Waals surface area contributed by atoms with Crippen LogP contribution in [0.4, 0.5) is 5.95 Å². The molecule has 1 saturated heterocycles. The van der Waals surface area contributed by atoms with Crippen molar-refractivity contribution in [2.24, 2.45) is 0 Å². The Balaban J connectivity index is 1.53. The average Bonchev–Trinajstić information content (AvgIpc) is 3.43. The molecule has 10 nitrogen and oxygen atoms in total. The minimum atomic E-state index is -1.22. The first kappa shape index (κ1) is 20.7. The highest BCUT2D eigenvalue weighted by Gasteiger charge is 2.40. The van der Waals surface area contributed by atoms with E-state index in [1.165, 1.54) is 0 Å². The molecule has 0 unspecified atom stereocenters. The Kier molecular flexibility index (Phi) is 4.78. The summed E-state index contributed by atoms with van der Waals surface area (Å²) in [5.74, 6) is 0.368. The molecule has 34 heavy (non-hydrogen) atoms. The SMILES string of the molecule is Nc1nccc(-n2nc(C(=O)N3CCOCC3)c3ccc([C@]4(O)CCc5cccnc54)cc32)n1. The van der Waals surface area contributed by atoms with E-state index in [0.29, 0.717) is 66.4 Å². The number of hydrogen-bond acceptors (Lipinski definition) is 8. The van der Waals surface area contributed by atoms with Gasteiger partial charge in [0.05, 0.1) is 24.4 Å². The predicted octanol–water partition coefficient (Wildman–Crippen LogP) is 1.45. The van der Waals surface area contributed by atoms with Crippen molar-refractivity contribution in [2.45, 2.75) is 18.4 Å². The van der Waals surface area contributed by atoms with Crippen LogP contribution in [0.2, 0.25) is 0 Å². The number of rotatable bonds is 3. The molecule has 172 valence electrons. The van der Waals surface area contributed by atoms with Gasteiger partial charge < -0.3 is 20.5 Å². The maximum atomic E-state index is 13.4. The van der Waals surface area contributed by atoms with Crippen molar-refractivity contribution in [1.29, 1.82) is 0 Å². The molecule has 1 amide bonds. The van der Waals surface area contributed by atoms with Crippen molar-refractivity contribution >= 4 is 22.8 Å². The molecule has 4 aromatic rings. The highest BCUT2D eigenvalue weighted by Crippen LogP contribution is 2.41. The largest absolute Gasteiger partial charge is 0.379 e. The number of morpholine rings is 1. The maximum Gasteiger partial charge on any atom is 0.275 e. The van der Waals surface area contributed by atoms with Gasteiger partial charge in [-0.05, 0) is 42.2 Å². The van der Waals surface area contributed by atoms with Crippen molar-refractivity contribution in [3.05, 3.63) is 71.3 Å². The Bertz CT molecular complexity index is 1410. The van der Waals surface area contributed by atoms with Gasteiger partial charge in [-0.2, -0.15) is 10.1 Å².